The molecular weight excluding hydrogens is 332 g/mol. The first-order valence-corrected chi connectivity index (χ1v) is 8.56. The van der Waals surface area contributed by atoms with Gasteiger partial charge in [-0.3, -0.25) is 14.8 Å². The second kappa shape index (κ2) is 6.99. The van der Waals surface area contributed by atoms with Gasteiger partial charge in [-0.15, -0.1) is 10.2 Å². The van der Waals surface area contributed by atoms with Crippen molar-refractivity contribution in [2.24, 2.45) is 0 Å². The fraction of sp³-hybridized carbons (Fsp3) is 0.333. The topological polar surface area (TPSA) is 97.9 Å². The first-order valence-electron chi connectivity index (χ1n) is 8.56. The van der Waals surface area contributed by atoms with Gasteiger partial charge < -0.3 is 9.32 Å². The van der Waals surface area contributed by atoms with Crippen molar-refractivity contribution < 1.29 is 9.21 Å². The highest BCUT2D eigenvalue weighted by molar-refractivity contribution is 5.94. The molecule has 3 aromatic rings. The number of carbonyl (C=O) groups is 1. The largest absolute Gasteiger partial charge is 0.417 e. The molecule has 26 heavy (non-hydrogen) atoms. The van der Waals surface area contributed by atoms with E-state index < -0.39 is 0 Å². The Balaban J connectivity index is 1.61. The average molecular weight is 350 g/mol. The zero-order valence-corrected chi connectivity index (χ0v) is 14.4. The first-order chi connectivity index (χ1) is 12.7. The summed E-state index contributed by atoms with van der Waals surface area (Å²) in [5.41, 5.74) is 1.90. The number of aromatic nitrogens is 5. The summed E-state index contributed by atoms with van der Waals surface area (Å²) in [7, 11) is 0. The summed E-state index contributed by atoms with van der Waals surface area (Å²) in [6.45, 7) is 2.51. The third kappa shape index (κ3) is 3.17. The van der Waals surface area contributed by atoms with E-state index in [1.54, 1.807) is 41.8 Å². The number of nitrogens with zero attached hydrogens (tertiary/aromatic N) is 6. The number of carbonyl (C=O) groups excluding carboxylic acids is 1. The molecule has 1 aliphatic rings. The molecule has 4 rings (SSSR count). The Hall–Kier alpha value is -3.16. The van der Waals surface area contributed by atoms with Crippen LogP contribution in [0.5, 0.6) is 0 Å². The molecule has 0 bridgehead atoms. The van der Waals surface area contributed by atoms with E-state index in [4.69, 9.17) is 4.42 Å². The lowest BCUT2D eigenvalue weighted by Crippen LogP contribution is -2.38. The lowest BCUT2D eigenvalue weighted by molar-refractivity contribution is 0.0572. The van der Waals surface area contributed by atoms with Gasteiger partial charge in [0.15, 0.2) is 0 Å². The predicted octanol–water partition coefficient (Wildman–Crippen LogP) is 2.60. The highest BCUT2D eigenvalue weighted by Crippen LogP contribution is 2.32. The summed E-state index contributed by atoms with van der Waals surface area (Å²) in [6.07, 6.45) is 9.22. The number of piperidine rings is 1. The van der Waals surface area contributed by atoms with Gasteiger partial charge in [0, 0.05) is 25.1 Å². The lowest BCUT2D eigenvalue weighted by atomic mass is 10.0. The molecule has 4 heterocycles. The molecule has 8 heteroatoms. The monoisotopic (exact) mass is 350 g/mol. The second-order valence-corrected chi connectivity index (χ2v) is 6.24. The molecule has 1 saturated heterocycles. The Bertz CT molecular complexity index is 894. The van der Waals surface area contributed by atoms with Crippen molar-refractivity contribution in [1.82, 2.24) is 30.0 Å². The minimum absolute atomic E-state index is 0.0716. The predicted molar refractivity (Wildman–Crippen MR) is 91.9 cm³/mol. The summed E-state index contributed by atoms with van der Waals surface area (Å²) in [5, 5.41) is 8.26. The van der Waals surface area contributed by atoms with Crippen LogP contribution >= 0.6 is 0 Å². The molecule has 0 unspecified atom stereocenters. The molecular formula is C18H18N6O2. The van der Waals surface area contributed by atoms with E-state index in [2.05, 4.69) is 25.1 Å². The van der Waals surface area contributed by atoms with Gasteiger partial charge >= 0.3 is 0 Å². The molecule has 1 aliphatic heterocycles. The van der Waals surface area contributed by atoms with Crippen molar-refractivity contribution in [3.8, 4) is 11.6 Å². The molecule has 0 N–H and O–H groups in total. The highest BCUT2D eigenvalue weighted by atomic mass is 16.4. The Morgan fingerprint density at radius 2 is 2.12 bits per heavy atom. The van der Waals surface area contributed by atoms with Gasteiger partial charge in [-0.05, 0) is 38.3 Å². The van der Waals surface area contributed by atoms with Crippen LogP contribution < -0.4 is 0 Å². The average Bonchev–Trinajstić information content (AvgIpc) is 3.19. The van der Waals surface area contributed by atoms with Crippen LogP contribution in [-0.4, -0.2) is 42.5 Å². The molecule has 8 nitrogen and oxygen atoms in total. The van der Waals surface area contributed by atoms with E-state index in [1.807, 2.05) is 6.92 Å². The van der Waals surface area contributed by atoms with Crippen LogP contribution in [0.2, 0.25) is 0 Å². The smallest absolute Gasteiger partial charge is 0.267 e. The van der Waals surface area contributed by atoms with Gasteiger partial charge in [-0.1, -0.05) is 0 Å². The standard InChI is InChI=1S/C18H18N6O2/c1-12-9-21-14(11-20-12)16-22-23-17(26-16)15-6-2-3-8-24(15)18(25)13-5-4-7-19-10-13/h4-5,7,9-11,15H,2-3,6,8H2,1H3/t15-/m1/s1. The number of hydrogen-bond donors (Lipinski definition) is 0. The summed E-state index contributed by atoms with van der Waals surface area (Å²) in [5.74, 6) is 0.670. The zero-order valence-electron chi connectivity index (χ0n) is 14.4. The second-order valence-electron chi connectivity index (χ2n) is 6.24. The van der Waals surface area contributed by atoms with Gasteiger partial charge in [-0.25, -0.2) is 4.98 Å². The van der Waals surface area contributed by atoms with E-state index in [9.17, 15) is 4.79 Å². The van der Waals surface area contributed by atoms with Crippen LogP contribution in [-0.2, 0) is 0 Å². The number of pyridine rings is 1. The van der Waals surface area contributed by atoms with Crippen LogP contribution in [0.1, 0.15) is 47.2 Å². The van der Waals surface area contributed by atoms with Crippen LogP contribution in [0.4, 0.5) is 0 Å². The first kappa shape index (κ1) is 16.3. The Morgan fingerprint density at radius 1 is 1.19 bits per heavy atom. The number of rotatable bonds is 3. The van der Waals surface area contributed by atoms with Gasteiger partial charge in [0.1, 0.15) is 11.7 Å². The van der Waals surface area contributed by atoms with Crippen molar-refractivity contribution in [3.63, 3.8) is 0 Å². The maximum atomic E-state index is 12.9. The minimum atomic E-state index is -0.240. The molecule has 1 atom stereocenters. The maximum absolute atomic E-state index is 12.9. The van der Waals surface area contributed by atoms with Crippen LogP contribution in [0, 0.1) is 6.92 Å². The molecule has 0 aliphatic carbocycles. The van der Waals surface area contributed by atoms with Crippen LogP contribution in [0.3, 0.4) is 0 Å². The maximum Gasteiger partial charge on any atom is 0.267 e. The molecule has 0 radical (unpaired) electrons. The molecule has 0 spiro atoms. The van der Waals surface area contributed by atoms with E-state index >= 15 is 0 Å². The van der Waals surface area contributed by atoms with Crippen LogP contribution in [0.25, 0.3) is 11.6 Å². The molecule has 132 valence electrons. The van der Waals surface area contributed by atoms with Crippen molar-refractivity contribution >= 4 is 5.91 Å². The van der Waals surface area contributed by atoms with Crippen molar-refractivity contribution in [3.05, 3.63) is 54.1 Å². The Labute approximate surface area is 150 Å². The van der Waals surface area contributed by atoms with Gasteiger partial charge in [0.05, 0.1) is 17.5 Å². The molecule has 0 saturated carbocycles. The quantitative estimate of drug-likeness (QED) is 0.716. The van der Waals surface area contributed by atoms with Gasteiger partial charge in [0.25, 0.3) is 11.8 Å². The van der Waals surface area contributed by atoms with Crippen molar-refractivity contribution in [1.29, 1.82) is 0 Å². The fourth-order valence-corrected chi connectivity index (χ4v) is 3.06. The summed E-state index contributed by atoms with van der Waals surface area (Å²) < 4.78 is 5.83. The fourth-order valence-electron chi connectivity index (χ4n) is 3.06. The Kier molecular flexibility index (Phi) is 4.39. The Morgan fingerprint density at radius 3 is 2.88 bits per heavy atom. The third-order valence-corrected chi connectivity index (χ3v) is 4.40. The summed E-state index contributed by atoms with van der Waals surface area (Å²) >= 11 is 0. The van der Waals surface area contributed by atoms with E-state index in [-0.39, 0.29) is 11.9 Å². The number of aryl methyl sites for hydroxylation is 1. The lowest BCUT2D eigenvalue weighted by Gasteiger charge is -2.33. The van der Waals surface area contributed by atoms with E-state index in [0.717, 1.165) is 25.0 Å². The highest BCUT2D eigenvalue weighted by Gasteiger charge is 2.32. The SMILES string of the molecule is Cc1cnc(-c2nnc([C@H]3CCCCN3C(=O)c3cccnc3)o2)cn1. The number of likely N-dealkylation sites (tertiary alicyclic amines) is 1. The summed E-state index contributed by atoms with van der Waals surface area (Å²) in [6, 6.07) is 3.28. The number of hydrogen-bond acceptors (Lipinski definition) is 7. The normalized spacial score (nSPS) is 17.3. The molecule has 1 fully saturated rings. The molecule has 0 aromatic carbocycles. The van der Waals surface area contributed by atoms with Gasteiger partial charge in [0.2, 0.25) is 5.89 Å². The zero-order chi connectivity index (χ0) is 17.9. The van der Waals surface area contributed by atoms with Crippen molar-refractivity contribution in [2.75, 3.05) is 6.54 Å². The molecule has 3 aromatic heterocycles. The van der Waals surface area contributed by atoms with Crippen molar-refractivity contribution in [2.45, 2.75) is 32.2 Å². The third-order valence-electron chi connectivity index (χ3n) is 4.40. The van der Waals surface area contributed by atoms with E-state index in [1.165, 1.54) is 0 Å². The van der Waals surface area contributed by atoms with Gasteiger partial charge in [-0.2, -0.15) is 0 Å². The van der Waals surface area contributed by atoms with E-state index in [0.29, 0.717) is 29.6 Å². The molecule has 1 amide bonds. The van der Waals surface area contributed by atoms with Crippen LogP contribution in [0.15, 0.2) is 41.3 Å². The summed E-state index contributed by atoms with van der Waals surface area (Å²) in [4.78, 5) is 27.2. The number of amides is 1. The minimum Gasteiger partial charge on any atom is -0.417 e.